The summed E-state index contributed by atoms with van der Waals surface area (Å²) >= 11 is 0. The van der Waals surface area contributed by atoms with Crippen molar-refractivity contribution in [1.82, 2.24) is 9.97 Å². The average molecular weight is 463 g/mol. The van der Waals surface area contributed by atoms with Crippen molar-refractivity contribution < 1.29 is 22.6 Å². The van der Waals surface area contributed by atoms with Gasteiger partial charge < -0.3 is 14.5 Å². The van der Waals surface area contributed by atoms with Crippen molar-refractivity contribution in [2.24, 2.45) is 0 Å². The van der Waals surface area contributed by atoms with Gasteiger partial charge in [-0.2, -0.15) is 0 Å². The molecule has 0 saturated heterocycles. The molecule has 0 aliphatic heterocycles. The second-order valence-electron chi connectivity index (χ2n) is 6.89. The van der Waals surface area contributed by atoms with Gasteiger partial charge in [-0.3, -0.25) is 9.78 Å². The zero-order chi connectivity index (χ0) is 22.1. The number of pyridine rings is 2. The Labute approximate surface area is 187 Å². The average Bonchev–Trinajstić information content (AvgIpc) is 2.76. The second-order valence-corrected chi connectivity index (χ2v) is 6.89. The molecule has 32 heavy (non-hydrogen) atoms. The van der Waals surface area contributed by atoms with E-state index in [0.29, 0.717) is 22.8 Å². The minimum atomic E-state index is -0.705. The summed E-state index contributed by atoms with van der Waals surface area (Å²) < 4.78 is 52.4. The van der Waals surface area contributed by atoms with Crippen LogP contribution in [0.3, 0.4) is 0 Å². The van der Waals surface area contributed by atoms with Crippen molar-refractivity contribution in [2.75, 3.05) is 14.2 Å². The molecule has 0 saturated carbocycles. The van der Waals surface area contributed by atoms with Crippen LogP contribution in [0.15, 0.2) is 53.5 Å². The molecule has 0 radical (unpaired) electrons. The first kappa shape index (κ1) is 23.1. The number of aromatic amines is 1. The lowest BCUT2D eigenvalue weighted by molar-refractivity contribution is 0.355. The fourth-order valence-corrected chi connectivity index (χ4v) is 3.40. The maximum atomic E-state index is 15.1. The molecule has 0 atom stereocenters. The number of hydrogen-bond donors (Lipinski definition) is 1. The lowest BCUT2D eigenvalue weighted by Gasteiger charge is -2.11. The molecule has 0 aliphatic carbocycles. The summed E-state index contributed by atoms with van der Waals surface area (Å²) in [5.41, 5.74) is 0.875. The topological polar surface area (TPSA) is 64.2 Å². The molecular weight excluding hydrogens is 445 g/mol. The molecule has 0 amide bonds. The quantitative estimate of drug-likeness (QED) is 0.451. The van der Waals surface area contributed by atoms with E-state index >= 15 is 4.39 Å². The Morgan fingerprint density at radius 2 is 1.53 bits per heavy atom. The molecule has 5 nitrogen and oxygen atoms in total. The molecule has 1 N–H and O–H groups in total. The van der Waals surface area contributed by atoms with Gasteiger partial charge in [0, 0.05) is 29.6 Å². The third-order valence-electron chi connectivity index (χ3n) is 4.90. The molecule has 4 rings (SSSR count). The fraction of sp³-hybridized carbons (Fsp3) is 0.130. The van der Waals surface area contributed by atoms with Crippen LogP contribution in [0, 0.1) is 17.5 Å². The number of nitrogens with zero attached hydrogens (tertiary/aromatic N) is 1. The number of fused-ring (bicyclic) bond motifs is 1. The van der Waals surface area contributed by atoms with Crippen LogP contribution in [-0.4, -0.2) is 24.2 Å². The lowest BCUT2D eigenvalue weighted by Crippen LogP contribution is -2.13. The summed E-state index contributed by atoms with van der Waals surface area (Å²) in [5, 5.41) is 0.247. The zero-order valence-electron chi connectivity index (χ0n) is 17.0. The smallest absolute Gasteiger partial charge is 0.256 e. The number of halogens is 4. The third kappa shape index (κ3) is 4.40. The van der Waals surface area contributed by atoms with Crippen LogP contribution in [-0.2, 0) is 6.42 Å². The zero-order valence-corrected chi connectivity index (χ0v) is 17.9. The predicted molar refractivity (Wildman–Crippen MR) is 117 cm³/mol. The molecule has 4 aromatic rings. The van der Waals surface area contributed by atoms with E-state index in [1.807, 2.05) is 0 Å². The maximum absolute atomic E-state index is 15.1. The van der Waals surface area contributed by atoms with Gasteiger partial charge in [-0.1, -0.05) is 6.07 Å². The molecule has 9 heteroatoms. The van der Waals surface area contributed by atoms with Crippen LogP contribution in [0.5, 0.6) is 11.5 Å². The van der Waals surface area contributed by atoms with E-state index in [0.717, 1.165) is 6.07 Å². The molecule has 2 heterocycles. The fourth-order valence-electron chi connectivity index (χ4n) is 3.40. The van der Waals surface area contributed by atoms with E-state index < -0.39 is 23.0 Å². The summed E-state index contributed by atoms with van der Waals surface area (Å²) in [4.78, 5) is 19.3. The molecule has 0 bridgehead atoms. The monoisotopic (exact) mass is 462 g/mol. The minimum absolute atomic E-state index is 0. The van der Waals surface area contributed by atoms with Gasteiger partial charge in [-0.15, -0.1) is 12.4 Å². The number of aromatic nitrogens is 2. The molecule has 166 valence electrons. The van der Waals surface area contributed by atoms with Crippen LogP contribution in [0.4, 0.5) is 13.2 Å². The largest absolute Gasteiger partial charge is 0.493 e. The van der Waals surface area contributed by atoms with Gasteiger partial charge in [0.25, 0.3) is 5.56 Å². The third-order valence-corrected chi connectivity index (χ3v) is 4.90. The summed E-state index contributed by atoms with van der Waals surface area (Å²) in [7, 11) is 2.85. The van der Waals surface area contributed by atoms with E-state index in [-0.39, 0.29) is 40.9 Å². The highest BCUT2D eigenvalue weighted by Gasteiger charge is 2.16. The number of H-pyrrole nitrogens is 1. The van der Waals surface area contributed by atoms with Gasteiger partial charge in [-0.25, -0.2) is 13.2 Å². The van der Waals surface area contributed by atoms with Gasteiger partial charge in [0.2, 0.25) is 0 Å². The van der Waals surface area contributed by atoms with E-state index in [4.69, 9.17) is 9.47 Å². The first-order valence-electron chi connectivity index (χ1n) is 9.27. The van der Waals surface area contributed by atoms with Crippen molar-refractivity contribution in [2.45, 2.75) is 6.42 Å². The Kier molecular flexibility index (Phi) is 6.74. The molecule has 2 aromatic heterocycles. The van der Waals surface area contributed by atoms with Crippen molar-refractivity contribution in [1.29, 1.82) is 0 Å². The van der Waals surface area contributed by atoms with Crippen molar-refractivity contribution in [3.8, 4) is 22.8 Å². The minimum Gasteiger partial charge on any atom is -0.493 e. The summed E-state index contributed by atoms with van der Waals surface area (Å²) in [6.45, 7) is 0. The first-order chi connectivity index (χ1) is 14.9. The number of rotatable bonds is 5. The Hall–Kier alpha value is -3.52. The molecule has 0 fully saturated rings. The predicted octanol–water partition coefficient (Wildman–Crippen LogP) is 5.04. The Bertz CT molecular complexity index is 1320. The van der Waals surface area contributed by atoms with Crippen LogP contribution < -0.4 is 15.0 Å². The number of nitrogens with one attached hydrogen (secondary N) is 1. The summed E-state index contributed by atoms with van der Waals surface area (Å²) in [5.74, 6) is -1.38. The van der Waals surface area contributed by atoms with Crippen LogP contribution >= 0.6 is 12.4 Å². The molecule has 2 aromatic carbocycles. The lowest BCUT2D eigenvalue weighted by atomic mass is 10.0. The first-order valence-corrected chi connectivity index (χ1v) is 9.27. The number of hydrogen-bond acceptors (Lipinski definition) is 4. The van der Waals surface area contributed by atoms with Crippen molar-refractivity contribution in [3.63, 3.8) is 0 Å². The highest BCUT2D eigenvalue weighted by Crippen LogP contribution is 2.32. The van der Waals surface area contributed by atoms with Gasteiger partial charge in [-0.05, 0) is 35.9 Å². The summed E-state index contributed by atoms with van der Waals surface area (Å²) in [6.07, 6.45) is 1.53. The van der Waals surface area contributed by atoms with E-state index in [1.54, 1.807) is 12.1 Å². The van der Waals surface area contributed by atoms with Crippen molar-refractivity contribution >= 4 is 23.2 Å². The van der Waals surface area contributed by atoms with Gasteiger partial charge in [0.15, 0.2) is 17.3 Å². The van der Waals surface area contributed by atoms with Gasteiger partial charge >= 0.3 is 0 Å². The second kappa shape index (κ2) is 9.32. The SMILES string of the molecule is COc1cc2c(F)c(Cc3ccc(-c4cc(F)cc(F)c4)nc3)[nH]c(=O)c2cc1OC.Cl. The molecular formula is C23H18ClF3N2O3. The number of ether oxygens (including phenoxy) is 2. The van der Waals surface area contributed by atoms with Gasteiger partial charge in [0.05, 0.1) is 31.0 Å². The maximum Gasteiger partial charge on any atom is 0.256 e. The van der Waals surface area contributed by atoms with E-state index in [2.05, 4.69) is 9.97 Å². The van der Waals surface area contributed by atoms with E-state index in [9.17, 15) is 13.6 Å². The molecule has 0 spiro atoms. The van der Waals surface area contributed by atoms with E-state index in [1.165, 1.54) is 44.7 Å². The number of benzene rings is 2. The normalized spacial score (nSPS) is 10.7. The Balaban J connectivity index is 0.00000289. The highest BCUT2D eigenvalue weighted by atomic mass is 35.5. The standard InChI is InChI=1S/C23H17F3N2O3.ClH/c1-30-20-9-16-17(10-21(20)31-2)23(29)28-19(22(16)26)5-12-3-4-18(27-11-12)13-6-14(24)8-15(25)7-13;/h3-4,6-11H,5H2,1-2H3,(H,28,29);1H. The van der Waals surface area contributed by atoms with Crippen LogP contribution in [0.2, 0.25) is 0 Å². The Morgan fingerprint density at radius 1 is 0.906 bits per heavy atom. The summed E-state index contributed by atoms with van der Waals surface area (Å²) in [6, 6.07) is 9.20. The van der Waals surface area contributed by atoms with Crippen LogP contribution in [0.25, 0.3) is 22.0 Å². The number of methoxy groups -OCH3 is 2. The Morgan fingerprint density at radius 3 is 2.09 bits per heavy atom. The molecule has 0 aliphatic rings. The highest BCUT2D eigenvalue weighted by molar-refractivity contribution is 5.86. The van der Waals surface area contributed by atoms with Crippen molar-refractivity contribution in [3.05, 3.63) is 87.7 Å². The molecule has 0 unspecified atom stereocenters. The van der Waals surface area contributed by atoms with Crippen LogP contribution in [0.1, 0.15) is 11.3 Å². The van der Waals surface area contributed by atoms with Gasteiger partial charge in [0.1, 0.15) is 11.6 Å².